The molecule has 0 aliphatic heterocycles. The van der Waals surface area contributed by atoms with Crippen molar-refractivity contribution in [3.8, 4) is 0 Å². The zero-order valence-corrected chi connectivity index (χ0v) is 12.1. The SMILES string of the molecule is CC1(C)C(NC(=O)c2cc([N+](=O)[O-])ccc2N)C1(C)C. The number of benzene rings is 1. The highest BCUT2D eigenvalue weighted by molar-refractivity contribution is 6.00. The van der Waals surface area contributed by atoms with Crippen molar-refractivity contribution in [2.75, 3.05) is 5.73 Å². The minimum absolute atomic E-state index is 0.00185. The van der Waals surface area contributed by atoms with E-state index in [4.69, 9.17) is 5.73 Å². The van der Waals surface area contributed by atoms with Crippen LogP contribution < -0.4 is 11.1 Å². The monoisotopic (exact) mass is 277 g/mol. The average molecular weight is 277 g/mol. The number of nitrogens with zero attached hydrogens (tertiary/aromatic N) is 1. The topological polar surface area (TPSA) is 98.3 Å². The first kappa shape index (κ1) is 14.3. The van der Waals surface area contributed by atoms with Crippen molar-refractivity contribution >= 4 is 17.3 Å². The van der Waals surface area contributed by atoms with Gasteiger partial charge in [-0.25, -0.2) is 0 Å². The van der Waals surface area contributed by atoms with E-state index in [1.165, 1.54) is 18.2 Å². The summed E-state index contributed by atoms with van der Waals surface area (Å²) in [6.07, 6.45) is 0. The molecule has 1 saturated carbocycles. The Hall–Kier alpha value is -2.11. The minimum atomic E-state index is -0.540. The maximum absolute atomic E-state index is 12.3. The maximum atomic E-state index is 12.3. The molecule has 3 N–H and O–H groups in total. The maximum Gasteiger partial charge on any atom is 0.270 e. The van der Waals surface area contributed by atoms with Crippen molar-refractivity contribution in [1.82, 2.24) is 5.32 Å². The number of non-ortho nitro benzene ring substituents is 1. The number of anilines is 1. The number of nitrogen functional groups attached to an aromatic ring is 1. The molecule has 0 atom stereocenters. The number of hydrogen-bond acceptors (Lipinski definition) is 4. The second kappa shape index (κ2) is 4.19. The van der Waals surface area contributed by atoms with Gasteiger partial charge in [-0.1, -0.05) is 27.7 Å². The summed E-state index contributed by atoms with van der Waals surface area (Å²) in [6, 6.07) is 3.92. The van der Waals surface area contributed by atoms with Crippen molar-refractivity contribution in [2.45, 2.75) is 33.7 Å². The highest BCUT2D eigenvalue weighted by Crippen LogP contribution is 2.62. The van der Waals surface area contributed by atoms with Gasteiger partial charge in [0.25, 0.3) is 11.6 Å². The third-order valence-corrected chi connectivity index (χ3v) is 4.79. The average Bonchev–Trinajstić information content (AvgIpc) is 2.71. The van der Waals surface area contributed by atoms with Gasteiger partial charge in [0.05, 0.1) is 10.5 Å². The van der Waals surface area contributed by atoms with Crippen LogP contribution in [0.25, 0.3) is 0 Å². The fraction of sp³-hybridized carbons (Fsp3) is 0.500. The Balaban J connectivity index is 2.23. The summed E-state index contributed by atoms with van der Waals surface area (Å²) in [4.78, 5) is 22.5. The molecule has 0 bridgehead atoms. The Morgan fingerprint density at radius 2 is 1.85 bits per heavy atom. The number of carbonyl (C=O) groups excluding carboxylic acids is 1. The molecule has 108 valence electrons. The summed E-state index contributed by atoms with van der Waals surface area (Å²) in [5.74, 6) is -0.366. The van der Waals surface area contributed by atoms with Gasteiger partial charge >= 0.3 is 0 Å². The number of rotatable bonds is 3. The van der Waals surface area contributed by atoms with Crippen LogP contribution in [-0.2, 0) is 0 Å². The lowest BCUT2D eigenvalue weighted by atomic mass is 10.0. The summed E-state index contributed by atoms with van der Waals surface area (Å²) < 4.78 is 0. The van der Waals surface area contributed by atoms with Crippen molar-refractivity contribution < 1.29 is 9.72 Å². The van der Waals surface area contributed by atoms with E-state index in [0.29, 0.717) is 0 Å². The molecule has 0 heterocycles. The van der Waals surface area contributed by atoms with Crippen molar-refractivity contribution in [2.24, 2.45) is 10.8 Å². The second-order valence-electron chi connectivity index (χ2n) is 6.38. The van der Waals surface area contributed by atoms with Gasteiger partial charge in [-0.15, -0.1) is 0 Å². The van der Waals surface area contributed by atoms with E-state index in [-0.39, 0.29) is 39.7 Å². The molecule has 6 heteroatoms. The summed E-state index contributed by atoms with van der Waals surface area (Å²) >= 11 is 0. The Morgan fingerprint density at radius 3 is 2.30 bits per heavy atom. The van der Waals surface area contributed by atoms with Crippen LogP contribution >= 0.6 is 0 Å². The molecule has 0 spiro atoms. The van der Waals surface area contributed by atoms with E-state index in [2.05, 4.69) is 33.0 Å². The molecule has 1 aliphatic rings. The molecule has 1 amide bonds. The van der Waals surface area contributed by atoms with E-state index in [1.54, 1.807) is 0 Å². The van der Waals surface area contributed by atoms with Crippen molar-refractivity contribution in [3.63, 3.8) is 0 Å². The van der Waals surface area contributed by atoms with Crippen LogP contribution in [0.5, 0.6) is 0 Å². The molecular formula is C14H19N3O3. The zero-order valence-electron chi connectivity index (χ0n) is 12.1. The first-order valence-corrected chi connectivity index (χ1v) is 6.44. The first-order chi connectivity index (χ1) is 9.09. The fourth-order valence-electron chi connectivity index (χ4n) is 2.62. The van der Waals surface area contributed by atoms with E-state index >= 15 is 0 Å². The largest absolute Gasteiger partial charge is 0.398 e. The Labute approximate surface area is 117 Å². The molecule has 2 rings (SSSR count). The molecule has 1 fully saturated rings. The molecule has 6 nitrogen and oxygen atoms in total. The molecule has 0 saturated heterocycles. The van der Waals surface area contributed by atoms with Crippen LogP contribution in [0.15, 0.2) is 18.2 Å². The van der Waals surface area contributed by atoms with Crippen LogP contribution in [0, 0.1) is 20.9 Å². The van der Waals surface area contributed by atoms with Gasteiger partial charge in [0, 0.05) is 23.9 Å². The third kappa shape index (κ3) is 2.01. The fourth-order valence-corrected chi connectivity index (χ4v) is 2.62. The van der Waals surface area contributed by atoms with Gasteiger partial charge in [-0.2, -0.15) is 0 Å². The predicted octanol–water partition coefficient (Wildman–Crippen LogP) is 2.34. The van der Waals surface area contributed by atoms with E-state index in [1.807, 2.05) is 0 Å². The molecular weight excluding hydrogens is 258 g/mol. The zero-order chi connectivity index (χ0) is 15.3. The quantitative estimate of drug-likeness (QED) is 0.503. The van der Waals surface area contributed by atoms with Gasteiger partial charge in [-0.05, 0) is 16.9 Å². The normalized spacial score (nSPS) is 19.4. The van der Waals surface area contributed by atoms with Gasteiger partial charge in [0.1, 0.15) is 0 Å². The highest BCUT2D eigenvalue weighted by Gasteiger charge is 2.65. The van der Waals surface area contributed by atoms with Gasteiger partial charge in [0.2, 0.25) is 0 Å². The number of carbonyl (C=O) groups is 1. The third-order valence-electron chi connectivity index (χ3n) is 4.79. The Morgan fingerprint density at radius 1 is 1.30 bits per heavy atom. The van der Waals surface area contributed by atoms with E-state index < -0.39 is 4.92 Å². The lowest BCUT2D eigenvalue weighted by Gasteiger charge is -2.09. The summed E-state index contributed by atoms with van der Waals surface area (Å²) in [5, 5.41) is 13.7. The number of hydrogen-bond donors (Lipinski definition) is 2. The van der Waals surface area contributed by atoms with E-state index in [0.717, 1.165) is 0 Å². The standard InChI is InChI=1S/C14H19N3O3/c1-13(2)12(14(13,3)4)16-11(18)9-7-8(17(19)20)5-6-10(9)15/h5-7,12H,15H2,1-4H3,(H,16,18). The van der Waals surface area contributed by atoms with Crippen LogP contribution in [-0.4, -0.2) is 16.9 Å². The Bertz CT molecular complexity index is 579. The van der Waals surface area contributed by atoms with Crippen LogP contribution in [0.3, 0.4) is 0 Å². The minimum Gasteiger partial charge on any atom is -0.398 e. The van der Waals surface area contributed by atoms with Gasteiger partial charge < -0.3 is 11.1 Å². The number of nitrogens with one attached hydrogen (secondary N) is 1. The molecule has 1 aliphatic carbocycles. The molecule has 0 aromatic heterocycles. The number of nitro groups is 1. The first-order valence-electron chi connectivity index (χ1n) is 6.44. The number of amides is 1. The number of nitrogens with two attached hydrogens (primary N) is 1. The smallest absolute Gasteiger partial charge is 0.270 e. The number of nitro benzene ring substituents is 1. The Kier molecular flexibility index (Phi) is 3.00. The molecule has 1 aromatic carbocycles. The molecule has 0 radical (unpaired) electrons. The van der Waals surface area contributed by atoms with E-state index in [9.17, 15) is 14.9 Å². The van der Waals surface area contributed by atoms with Crippen LogP contribution in [0.2, 0.25) is 0 Å². The van der Waals surface area contributed by atoms with Crippen LogP contribution in [0.4, 0.5) is 11.4 Å². The molecule has 0 unspecified atom stereocenters. The van der Waals surface area contributed by atoms with Crippen molar-refractivity contribution in [1.29, 1.82) is 0 Å². The van der Waals surface area contributed by atoms with Crippen molar-refractivity contribution in [3.05, 3.63) is 33.9 Å². The molecule has 1 aromatic rings. The molecule has 20 heavy (non-hydrogen) atoms. The highest BCUT2D eigenvalue weighted by atomic mass is 16.6. The summed E-state index contributed by atoms with van der Waals surface area (Å²) in [6.45, 7) is 8.31. The summed E-state index contributed by atoms with van der Waals surface area (Å²) in [7, 11) is 0. The lowest BCUT2D eigenvalue weighted by Crippen LogP contribution is -2.30. The van der Waals surface area contributed by atoms with Gasteiger partial charge in [0.15, 0.2) is 0 Å². The predicted molar refractivity (Wildman–Crippen MR) is 76.3 cm³/mol. The summed E-state index contributed by atoms with van der Waals surface area (Å²) in [5.41, 5.74) is 5.99. The van der Waals surface area contributed by atoms with Crippen LogP contribution in [0.1, 0.15) is 38.1 Å². The second-order valence-corrected chi connectivity index (χ2v) is 6.38. The van der Waals surface area contributed by atoms with Gasteiger partial charge in [-0.3, -0.25) is 14.9 Å². The lowest BCUT2D eigenvalue weighted by molar-refractivity contribution is -0.384.